The van der Waals surface area contributed by atoms with Gasteiger partial charge in [0.2, 0.25) is 21.8 Å². The predicted molar refractivity (Wildman–Crippen MR) is 132 cm³/mol. The lowest BCUT2D eigenvalue weighted by Crippen LogP contribution is -2.49. The van der Waals surface area contributed by atoms with Crippen molar-refractivity contribution in [1.29, 1.82) is 0 Å². The summed E-state index contributed by atoms with van der Waals surface area (Å²) in [6, 6.07) is 12.7. The largest absolute Gasteiger partial charge is 0.355 e. The van der Waals surface area contributed by atoms with Gasteiger partial charge in [-0.3, -0.25) is 13.9 Å². The number of likely N-dealkylation sites (N-methyl/N-ethyl adjacent to an activating group) is 1. The van der Waals surface area contributed by atoms with Crippen LogP contribution in [0.1, 0.15) is 44.2 Å². The number of amides is 2. The summed E-state index contributed by atoms with van der Waals surface area (Å²) in [7, 11) is -3.75. The Hall–Kier alpha value is -2.94. The number of hydrogen-bond acceptors (Lipinski definition) is 4. The number of nitrogens with one attached hydrogen (secondary N) is 1. The average molecular weight is 492 g/mol. The van der Waals surface area contributed by atoms with Crippen molar-refractivity contribution in [2.45, 2.75) is 52.6 Å². The average Bonchev–Trinajstić information content (AvgIpc) is 2.78. The minimum atomic E-state index is -3.75. The summed E-state index contributed by atoms with van der Waals surface area (Å²) in [4.78, 5) is 27.5. The highest BCUT2D eigenvalue weighted by Crippen LogP contribution is 2.22. The van der Waals surface area contributed by atoms with Gasteiger partial charge in [-0.25, -0.2) is 12.8 Å². The summed E-state index contributed by atoms with van der Waals surface area (Å²) in [6.07, 6.45) is 1.64. The lowest BCUT2D eigenvalue weighted by atomic mass is 10.1. The maximum Gasteiger partial charge on any atom is 0.242 e. The molecule has 0 aliphatic heterocycles. The summed E-state index contributed by atoms with van der Waals surface area (Å²) in [6.45, 7) is 6.30. The van der Waals surface area contributed by atoms with Crippen LogP contribution < -0.4 is 9.62 Å². The summed E-state index contributed by atoms with van der Waals surface area (Å²) >= 11 is 0. The van der Waals surface area contributed by atoms with Crippen molar-refractivity contribution in [3.8, 4) is 0 Å². The Bertz CT molecular complexity index is 1070. The Morgan fingerprint density at radius 1 is 1.06 bits per heavy atom. The van der Waals surface area contributed by atoms with E-state index in [9.17, 15) is 22.4 Å². The molecule has 2 amide bonds. The molecule has 0 spiro atoms. The zero-order valence-corrected chi connectivity index (χ0v) is 21.1. The van der Waals surface area contributed by atoms with Crippen molar-refractivity contribution >= 4 is 27.5 Å². The smallest absolute Gasteiger partial charge is 0.242 e. The first-order valence-electron chi connectivity index (χ1n) is 11.4. The van der Waals surface area contributed by atoms with Crippen LogP contribution in [-0.4, -0.2) is 50.5 Å². The number of aryl methyl sites for hydroxylation is 1. The monoisotopic (exact) mass is 491 g/mol. The Balaban J connectivity index is 2.20. The van der Waals surface area contributed by atoms with Crippen molar-refractivity contribution in [3.63, 3.8) is 0 Å². The standard InChI is InChI=1S/C25H34FN3O4S/c1-5-22(25(31)27-6-2)28(18-20-15-13-19(3)14-16-20)24(30)12-9-17-29(34(4,32)33)23-11-8-7-10-21(23)26/h7-8,10-11,13-16,22H,5-6,9,12,17-18H2,1-4H3,(H,27,31)/t22-/m0/s1. The van der Waals surface area contributed by atoms with Crippen LogP contribution in [-0.2, 0) is 26.2 Å². The summed E-state index contributed by atoms with van der Waals surface area (Å²) in [5, 5.41) is 2.79. The molecule has 1 atom stereocenters. The molecule has 0 radical (unpaired) electrons. The molecule has 0 saturated carbocycles. The molecule has 0 aliphatic carbocycles. The van der Waals surface area contributed by atoms with Gasteiger partial charge in [0.1, 0.15) is 11.9 Å². The van der Waals surface area contributed by atoms with E-state index in [1.807, 2.05) is 45.0 Å². The van der Waals surface area contributed by atoms with E-state index < -0.39 is 21.9 Å². The van der Waals surface area contributed by atoms with E-state index in [1.165, 1.54) is 18.2 Å². The summed E-state index contributed by atoms with van der Waals surface area (Å²) < 4.78 is 39.8. The third-order valence-corrected chi connectivity index (χ3v) is 6.66. The van der Waals surface area contributed by atoms with Crippen LogP contribution in [0.5, 0.6) is 0 Å². The Labute approximate surface area is 202 Å². The van der Waals surface area contributed by atoms with Crippen molar-refractivity contribution in [2.75, 3.05) is 23.7 Å². The van der Waals surface area contributed by atoms with Crippen molar-refractivity contribution < 1.29 is 22.4 Å². The van der Waals surface area contributed by atoms with Gasteiger partial charge in [-0.2, -0.15) is 0 Å². The van der Waals surface area contributed by atoms with E-state index in [0.717, 1.165) is 21.7 Å². The molecule has 0 saturated heterocycles. The third-order valence-electron chi connectivity index (χ3n) is 5.48. The quantitative estimate of drug-likeness (QED) is 0.491. The SMILES string of the molecule is CCNC(=O)[C@H](CC)N(Cc1ccc(C)cc1)C(=O)CCCN(c1ccccc1F)S(C)(=O)=O. The number of para-hydroxylation sites is 1. The number of hydrogen-bond donors (Lipinski definition) is 1. The maximum absolute atomic E-state index is 14.2. The number of sulfonamides is 1. The molecular formula is C25H34FN3O4S. The zero-order chi connectivity index (χ0) is 25.3. The molecule has 0 fully saturated rings. The number of nitrogens with zero attached hydrogens (tertiary/aromatic N) is 2. The maximum atomic E-state index is 14.2. The van der Waals surface area contributed by atoms with E-state index in [4.69, 9.17) is 0 Å². The van der Waals surface area contributed by atoms with Crippen LogP contribution in [0.4, 0.5) is 10.1 Å². The molecule has 9 heteroatoms. The van der Waals surface area contributed by atoms with Gasteiger partial charge < -0.3 is 10.2 Å². The van der Waals surface area contributed by atoms with Gasteiger partial charge in [-0.05, 0) is 44.4 Å². The molecular weight excluding hydrogens is 457 g/mol. The van der Waals surface area contributed by atoms with Gasteiger partial charge in [0.05, 0.1) is 11.9 Å². The fourth-order valence-electron chi connectivity index (χ4n) is 3.74. The number of carbonyl (C=O) groups excluding carboxylic acids is 2. The molecule has 0 unspecified atom stereocenters. The lowest BCUT2D eigenvalue weighted by molar-refractivity contribution is -0.141. The molecule has 7 nitrogen and oxygen atoms in total. The second kappa shape index (κ2) is 12.5. The Morgan fingerprint density at radius 3 is 2.26 bits per heavy atom. The Kier molecular flexibility index (Phi) is 10.0. The first-order chi connectivity index (χ1) is 16.1. The van der Waals surface area contributed by atoms with Crippen LogP contribution in [0.2, 0.25) is 0 Å². The summed E-state index contributed by atoms with van der Waals surface area (Å²) in [5.41, 5.74) is 1.93. The number of benzene rings is 2. The highest BCUT2D eigenvalue weighted by molar-refractivity contribution is 7.92. The molecule has 0 heterocycles. The van der Waals surface area contributed by atoms with Gasteiger partial charge in [-0.15, -0.1) is 0 Å². The fourth-order valence-corrected chi connectivity index (χ4v) is 4.70. The van der Waals surface area contributed by atoms with Crippen molar-refractivity contribution in [1.82, 2.24) is 10.2 Å². The molecule has 0 bridgehead atoms. The number of anilines is 1. The van der Waals surface area contributed by atoms with Gasteiger partial charge in [0, 0.05) is 26.1 Å². The minimum Gasteiger partial charge on any atom is -0.355 e. The first-order valence-corrected chi connectivity index (χ1v) is 13.3. The number of rotatable bonds is 12. The fraction of sp³-hybridized carbons (Fsp3) is 0.440. The summed E-state index contributed by atoms with van der Waals surface area (Å²) in [5.74, 6) is -1.14. The van der Waals surface area contributed by atoms with Crippen LogP contribution >= 0.6 is 0 Å². The van der Waals surface area contributed by atoms with E-state index >= 15 is 0 Å². The van der Waals surface area contributed by atoms with Crippen LogP contribution in [0, 0.1) is 12.7 Å². The van der Waals surface area contributed by atoms with Gasteiger partial charge in [-0.1, -0.05) is 48.9 Å². The number of carbonyl (C=O) groups is 2. The molecule has 186 valence electrons. The van der Waals surface area contributed by atoms with Crippen molar-refractivity contribution in [2.24, 2.45) is 0 Å². The van der Waals surface area contributed by atoms with Gasteiger partial charge in [0.15, 0.2) is 0 Å². The van der Waals surface area contributed by atoms with Crippen LogP contribution in [0.25, 0.3) is 0 Å². The van der Waals surface area contributed by atoms with E-state index in [1.54, 1.807) is 11.0 Å². The van der Waals surface area contributed by atoms with Crippen molar-refractivity contribution in [3.05, 3.63) is 65.5 Å². The second-order valence-corrected chi connectivity index (χ2v) is 10.1. The van der Waals surface area contributed by atoms with Gasteiger partial charge >= 0.3 is 0 Å². The predicted octanol–water partition coefficient (Wildman–Crippen LogP) is 3.62. The normalized spacial score (nSPS) is 12.1. The van der Waals surface area contributed by atoms with E-state index in [-0.39, 0.29) is 43.4 Å². The second-order valence-electron chi connectivity index (χ2n) is 8.22. The molecule has 34 heavy (non-hydrogen) atoms. The molecule has 2 rings (SSSR count). The van der Waals surface area contributed by atoms with E-state index in [0.29, 0.717) is 13.0 Å². The molecule has 2 aromatic carbocycles. The molecule has 0 aliphatic rings. The Morgan fingerprint density at radius 2 is 1.71 bits per heavy atom. The highest BCUT2D eigenvalue weighted by atomic mass is 32.2. The van der Waals surface area contributed by atoms with E-state index in [2.05, 4.69) is 5.32 Å². The number of halogens is 1. The van der Waals surface area contributed by atoms with Crippen LogP contribution in [0.3, 0.4) is 0 Å². The molecule has 1 N–H and O–H groups in total. The highest BCUT2D eigenvalue weighted by Gasteiger charge is 2.28. The first kappa shape index (κ1) is 27.3. The lowest BCUT2D eigenvalue weighted by Gasteiger charge is -2.31. The minimum absolute atomic E-state index is 0.0161. The molecule has 0 aromatic heterocycles. The third kappa shape index (κ3) is 7.55. The van der Waals surface area contributed by atoms with Gasteiger partial charge in [0.25, 0.3) is 0 Å². The topological polar surface area (TPSA) is 86.8 Å². The van der Waals surface area contributed by atoms with Crippen LogP contribution in [0.15, 0.2) is 48.5 Å². The zero-order valence-electron chi connectivity index (χ0n) is 20.3. The molecule has 2 aromatic rings.